The fraction of sp³-hybridized carbons (Fsp3) is 0.385. The number of fused-ring (bicyclic) bond motifs is 1. The predicted molar refractivity (Wildman–Crippen MR) is 192 cm³/mol. The molecule has 0 radical (unpaired) electrons. The number of methoxy groups -OCH3 is 1. The van der Waals surface area contributed by atoms with Gasteiger partial charge in [-0.3, -0.25) is 14.4 Å². The molecule has 11 nitrogen and oxygen atoms in total. The SMILES string of the molecule is CCCCN(CCCC)C(=O)c1cc(C)n(-c2ccc(NC(=O)COc3ccc(OC)cc3)cc2C(=O)N2Cc3ccccc3C[C@H]2CO)n1. The molecule has 1 aromatic heterocycles. The molecule has 1 aliphatic heterocycles. The third-order valence-electron chi connectivity index (χ3n) is 8.95. The van der Waals surface area contributed by atoms with Gasteiger partial charge in [-0.1, -0.05) is 51.0 Å². The normalized spacial score (nSPS) is 13.8. The van der Waals surface area contributed by atoms with Gasteiger partial charge in [0.1, 0.15) is 11.5 Å². The van der Waals surface area contributed by atoms with E-state index < -0.39 is 11.9 Å². The van der Waals surface area contributed by atoms with Crippen molar-refractivity contribution in [2.45, 2.75) is 65.5 Å². The Kier molecular flexibility index (Phi) is 12.3. The number of nitrogens with one attached hydrogen (secondary N) is 1. The molecule has 0 bridgehead atoms. The second-order valence-corrected chi connectivity index (χ2v) is 12.6. The molecular formula is C39H47N5O6. The number of amides is 3. The third kappa shape index (κ3) is 8.52. The molecule has 0 aliphatic carbocycles. The van der Waals surface area contributed by atoms with E-state index in [1.54, 1.807) is 65.2 Å². The number of anilines is 1. The Morgan fingerprint density at radius 2 is 1.62 bits per heavy atom. The Morgan fingerprint density at radius 1 is 0.940 bits per heavy atom. The maximum Gasteiger partial charge on any atom is 0.274 e. The number of aryl methyl sites for hydroxylation is 1. The van der Waals surface area contributed by atoms with Crippen molar-refractivity contribution in [1.29, 1.82) is 0 Å². The highest BCUT2D eigenvalue weighted by Gasteiger charge is 2.32. The molecule has 2 N–H and O–H groups in total. The van der Waals surface area contributed by atoms with Crippen LogP contribution in [0, 0.1) is 6.92 Å². The van der Waals surface area contributed by atoms with Gasteiger partial charge in [0.05, 0.1) is 31.0 Å². The minimum Gasteiger partial charge on any atom is -0.497 e. The van der Waals surface area contributed by atoms with Crippen molar-refractivity contribution in [3.05, 3.63) is 101 Å². The van der Waals surface area contributed by atoms with E-state index in [2.05, 4.69) is 19.2 Å². The van der Waals surface area contributed by atoms with Crippen LogP contribution in [0.2, 0.25) is 0 Å². The molecule has 0 saturated heterocycles. The van der Waals surface area contributed by atoms with Gasteiger partial charge in [0.2, 0.25) is 0 Å². The Morgan fingerprint density at radius 3 is 2.28 bits per heavy atom. The van der Waals surface area contributed by atoms with E-state index in [4.69, 9.17) is 14.6 Å². The average molecular weight is 682 g/mol. The van der Waals surface area contributed by atoms with Crippen LogP contribution in [0.3, 0.4) is 0 Å². The average Bonchev–Trinajstić information content (AvgIpc) is 3.54. The van der Waals surface area contributed by atoms with Crippen molar-refractivity contribution >= 4 is 23.4 Å². The minimum atomic E-state index is -0.442. The number of benzene rings is 3. The number of nitrogens with zero attached hydrogens (tertiary/aromatic N) is 4. The van der Waals surface area contributed by atoms with E-state index in [1.807, 2.05) is 36.1 Å². The topological polar surface area (TPSA) is 126 Å². The maximum atomic E-state index is 14.5. The standard InChI is InChI=1S/C39H47N5O6/c1-5-7-19-42(20-8-6-2)39(48)35-21-27(3)44(41-35)36-18-13-30(40-37(46)26-50-33-16-14-32(49-4)15-17-33)23-34(36)38(47)43-24-29-12-10-9-11-28(29)22-31(43)25-45/h9-18,21,23,31,45H,5-8,19-20,22,24-26H2,1-4H3,(H,40,46)/t31-/m0/s1. The molecule has 50 heavy (non-hydrogen) atoms. The first-order valence-corrected chi connectivity index (χ1v) is 17.3. The fourth-order valence-electron chi connectivity index (χ4n) is 6.13. The summed E-state index contributed by atoms with van der Waals surface area (Å²) >= 11 is 0. The highest BCUT2D eigenvalue weighted by atomic mass is 16.5. The Balaban J connectivity index is 1.46. The molecule has 5 rings (SSSR count). The van der Waals surface area contributed by atoms with Crippen LogP contribution in [0.25, 0.3) is 5.69 Å². The summed E-state index contributed by atoms with van der Waals surface area (Å²) in [5, 5.41) is 18.0. The van der Waals surface area contributed by atoms with Crippen molar-refractivity contribution in [2.24, 2.45) is 0 Å². The lowest BCUT2D eigenvalue weighted by Gasteiger charge is -2.36. The molecule has 3 aromatic carbocycles. The number of hydrogen-bond donors (Lipinski definition) is 2. The molecule has 0 fully saturated rings. The molecule has 0 saturated carbocycles. The predicted octanol–water partition coefficient (Wildman–Crippen LogP) is 5.81. The molecule has 1 aliphatic rings. The van der Waals surface area contributed by atoms with Crippen molar-refractivity contribution in [1.82, 2.24) is 19.6 Å². The lowest BCUT2D eigenvalue weighted by Crippen LogP contribution is -2.46. The zero-order valence-electron chi connectivity index (χ0n) is 29.4. The van der Waals surface area contributed by atoms with Crippen molar-refractivity contribution in [2.75, 3.05) is 38.7 Å². The van der Waals surface area contributed by atoms with Crippen LogP contribution in [-0.4, -0.2) is 81.9 Å². The summed E-state index contributed by atoms with van der Waals surface area (Å²) in [6, 6.07) is 21.2. The number of aromatic nitrogens is 2. The zero-order chi connectivity index (χ0) is 35.6. The van der Waals surface area contributed by atoms with E-state index in [9.17, 15) is 19.5 Å². The van der Waals surface area contributed by atoms with Gasteiger partial charge in [0.25, 0.3) is 17.7 Å². The zero-order valence-corrected chi connectivity index (χ0v) is 29.4. The number of aliphatic hydroxyl groups is 1. The van der Waals surface area contributed by atoms with Crippen LogP contribution < -0.4 is 14.8 Å². The van der Waals surface area contributed by atoms with Gasteiger partial charge >= 0.3 is 0 Å². The summed E-state index contributed by atoms with van der Waals surface area (Å²) in [4.78, 5) is 44.7. The Labute approximate surface area is 293 Å². The summed E-state index contributed by atoms with van der Waals surface area (Å²) < 4.78 is 12.4. The van der Waals surface area contributed by atoms with Crippen molar-refractivity contribution in [3.63, 3.8) is 0 Å². The summed E-state index contributed by atoms with van der Waals surface area (Å²) in [5.41, 5.74) is 4.22. The molecule has 11 heteroatoms. The Bertz CT molecular complexity index is 1780. The number of hydrogen-bond acceptors (Lipinski definition) is 7. The smallest absolute Gasteiger partial charge is 0.274 e. The van der Waals surface area contributed by atoms with Gasteiger partial charge < -0.3 is 29.7 Å². The second-order valence-electron chi connectivity index (χ2n) is 12.6. The lowest BCUT2D eigenvalue weighted by atomic mass is 9.93. The van der Waals surface area contributed by atoms with E-state index in [-0.39, 0.29) is 30.6 Å². The van der Waals surface area contributed by atoms with E-state index in [1.165, 1.54) is 0 Å². The first kappa shape index (κ1) is 36.1. The van der Waals surface area contributed by atoms with Crippen LogP contribution in [-0.2, 0) is 17.8 Å². The first-order chi connectivity index (χ1) is 24.3. The lowest BCUT2D eigenvalue weighted by molar-refractivity contribution is -0.118. The number of carbonyl (C=O) groups is 3. The molecule has 0 unspecified atom stereocenters. The fourth-order valence-corrected chi connectivity index (χ4v) is 6.13. The van der Waals surface area contributed by atoms with Gasteiger partial charge in [-0.2, -0.15) is 5.10 Å². The van der Waals surface area contributed by atoms with E-state index >= 15 is 0 Å². The van der Waals surface area contributed by atoms with Crippen LogP contribution in [0.1, 0.15) is 77.2 Å². The maximum absolute atomic E-state index is 14.5. The number of aliphatic hydroxyl groups excluding tert-OH is 1. The third-order valence-corrected chi connectivity index (χ3v) is 8.95. The highest BCUT2D eigenvalue weighted by molar-refractivity contribution is 6.01. The molecule has 2 heterocycles. The summed E-state index contributed by atoms with van der Waals surface area (Å²) in [6.45, 7) is 7.21. The summed E-state index contributed by atoms with van der Waals surface area (Å²) in [7, 11) is 1.57. The minimum absolute atomic E-state index is 0.143. The van der Waals surface area contributed by atoms with Crippen LogP contribution in [0.4, 0.5) is 5.69 Å². The Hall–Kier alpha value is -5.16. The van der Waals surface area contributed by atoms with Gasteiger partial charge in [-0.15, -0.1) is 0 Å². The van der Waals surface area contributed by atoms with Crippen LogP contribution >= 0.6 is 0 Å². The molecule has 3 amide bonds. The molecular weight excluding hydrogens is 634 g/mol. The van der Waals surface area contributed by atoms with Gasteiger partial charge in [-0.05, 0) is 85.8 Å². The number of ether oxygens (including phenoxy) is 2. The second kappa shape index (κ2) is 17.0. The monoisotopic (exact) mass is 681 g/mol. The quantitative estimate of drug-likeness (QED) is 0.162. The number of rotatable bonds is 15. The summed E-state index contributed by atoms with van der Waals surface area (Å²) in [6.07, 6.45) is 4.26. The van der Waals surface area contributed by atoms with Crippen LogP contribution in [0.15, 0.2) is 72.8 Å². The first-order valence-electron chi connectivity index (χ1n) is 17.3. The number of carbonyl (C=O) groups excluding carboxylic acids is 3. The molecule has 4 aromatic rings. The van der Waals surface area contributed by atoms with Crippen LogP contribution in [0.5, 0.6) is 11.5 Å². The summed E-state index contributed by atoms with van der Waals surface area (Å²) in [5.74, 6) is 0.309. The highest BCUT2D eigenvalue weighted by Crippen LogP contribution is 2.29. The number of unbranched alkanes of at least 4 members (excludes halogenated alkanes) is 2. The van der Waals surface area contributed by atoms with E-state index in [0.717, 1.165) is 36.8 Å². The largest absolute Gasteiger partial charge is 0.497 e. The van der Waals surface area contributed by atoms with Gasteiger partial charge in [-0.25, -0.2) is 4.68 Å². The van der Waals surface area contributed by atoms with Crippen molar-refractivity contribution in [3.8, 4) is 17.2 Å². The van der Waals surface area contributed by atoms with Gasteiger partial charge in [0.15, 0.2) is 12.3 Å². The van der Waals surface area contributed by atoms with E-state index in [0.29, 0.717) is 60.3 Å². The molecule has 1 atom stereocenters. The molecule has 264 valence electrons. The molecule has 0 spiro atoms. The van der Waals surface area contributed by atoms with Crippen molar-refractivity contribution < 1.29 is 29.0 Å². The van der Waals surface area contributed by atoms with Gasteiger partial charge in [0, 0.05) is 31.0 Å².